The molecule has 0 amide bonds. The zero-order chi connectivity index (χ0) is 23.7. The van der Waals surface area contributed by atoms with Gasteiger partial charge in [-0.1, -0.05) is 37.3 Å². The molecular weight excluding hydrogens is 536 g/mol. The van der Waals surface area contributed by atoms with Crippen LogP contribution in [0.25, 0.3) is 10.9 Å². The molecule has 0 aliphatic heterocycles. The fourth-order valence-corrected chi connectivity index (χ4v) is 6.04. The van der Waals surface area contributed by atoms with Crippen LogP contribution in [-0.2, 0) is 11.3 Å². The lowest BCUT2D eigenvalue weighted by Gasteiger charge is -2.21. The highest BCUT2D eigenvalue weighted by molar-refractivity contribution is 9.10. The van der Waals surface area contributed by atoms with Crippen molar-refractivity contribution in [2.45, 2.75) is 44.5 Å². The predicted molar refractivity (Wildman–Crippen MR) is 147 cm³/mol. The van der Waals surface area contributed by atoms with Crippen molar-refractivity contribution in [3.05, 3.63) is 63.3 Å². The average Bonchev–Trinajstić information content (AvgIpc) is 3.57. The lowest BCUT2D eigenvalue weighted by atomic mass is 10.00. The molecule has 2 aromatic carbocycles. The first kappa shape index (κ1) is 26.9. The number of phenols is 1. The van der Waals surface area contributed by atoms with Crippen molar-refractivity contribution in [1.29, 1.82) is 0 Å². The Bertz CT molecular complexity index is 1160. The summed E-state index contributed by atoms with van der Waals surface area (Å²) in [6.45, 7) is 4.80. The van der Waals surface area contributed by atoms with E-state index in [1.54, 1.807) is 0 Å². The summed E-state index contributed by atoms with van der Waals surface area (Å²) < 4.78 is 8.61. The molecule has 4 rings (SSSR count). The molecule has 0 radical (unpaired) electrons. The monoisotopic (exact) mass is 566 g/mol. The second-order valence-corrected chi connectivity index (χ2v) is 10.9. The largest absolute Gasteiger partial charge is 0.506 e. The van der Waals surface area contributed by atoms with E-state index in [0.29, 0.717) is 29.2 Å². The number of aromatic nitrogens is 1. The van der Waals surface area contributed by atoms with Crippen molar-refractivity contribution in [1.82, 2.24) is 9.47 Å². The molecule has 3 aromatic rings. The summed E-state index contributed by atoms with van der Waals surface area (Å²) in [7, 11) is 3.93. The predicted octanol–water partition coefficient (Wildman–Crippen LogP) is 6.95. The number of hydrogen-bond donors (Lipinski definition) is 1. The lowest BCUT2D eigenvalue weighted by molar-refractivity contribution is 0.0527. The Morgan fingerprint density at radius 2 is 1.94 bits per heavy atom. The van der Waals surface area contributed by atoms with Crippen LogP contribution in [0.5, 0.6) is 5.75 Å². The van der Waals surface area contributed by atoms with Gasteiger partial charge >= 0.3 is 5.97 Å². The van der Waals surface area contributed by atoms with Gasteiger partial charge in [-0.2, -0.15) is 0 Å². The highest BCUT2D eigenvalue weighted by Crippen LogP contribution is 2.50. The molecule has 1 saturated carbocycles. The smallest absolute Gasteiger partial charge is 0.340 e. The number of carbonyl (C=O) groups is 1. The summed E-state index contributed by atoms with van der Waals surface area (Å²) in [5, 5.41) is 11.8. The maximum atomic E-state index is 13.6. The first-order valence-electron chi connectivity index (χ1n) is 11.4. The van der Waals surface area contributed by atoms with E-state index in [-0.39, 0.29) is 29.4 Å². The van der Waals surface area contributed by atoms with E-state index in [0.717, 1.165) is 46.3 Å². The summed E-state index contributed by atoms with van der Waals surface area (Å²) in [5.41, 5.74) is 4.47. The van der Waals surface area contributed by atoms with Crippen molar-refractivity contribution >= 4 is 57.0 Å². The number of aromatic hydroxyl groups is 1. The number of halogens is 2. The number of benzene rings is 2. The van der Waals surface area contributed by atoms with Crippen molar-refractivity contribution < 1.29 is 14.6 Å². The highest BCUT2D eigenvalue weighted by atomic mass is 79.9. The van der Waals surface area contributed by atoms with Crippen molar-refractivity contribution in [2.24, 2.45) is 0 Å². The Morgan fingerprint density at radius 1 is 1.26 bits per heavy atom. The molecule has 34 heavy (non-hydrogen) atoms. The minimum Gasteiger partial charge on any atom is -0.506 e. The number of esters is 1. The van der Waals surface area contributed by atoms with Gasteiger partial charge in [0, 0.05) is 23.5 Å². The molecular formula is C26H32BrClN2O3S. The SMILES string of the molecule is CCOC(=O)c1c(C(SCC)c2ccccc2)n(C2CC2)c2cc(Br)c(O)c(CN(C)C)c12.Cl. The van der Waals surface area contributed by atoms with Crippen LogP contribution in [0.15, 0.2) is 40.9 Å². The van der Waals surface area contributed by atoms with Gasteiger partial charge in [-0.15, -0.1) is 24.2 Å². The molecule has 1 heterocycles. The number of fused-ring (bicyclic) bond motifs is 1. The van der Waals surface area contributed by atoms with Gasteiger partial charge in [0.05, 0.1) is 33.1 Å². The lowest BCUT2D eigenvalue weighted by Crippen LogP contribution is -2.14. The Hall–Kier alpha value is -1.67. The number of nitrogens with zero attached hydrogens (tertiary/aromatic N) is 2. The maximum absolute atomic E-state index is 13.6. The second kappa shape index (κ2) is 11.4. The number of hydrogen-bond acceptors (Lipinski definition) is 5. The van der Waals surface area contributed by atoms with E-state index >= 15 is 0 Å². The molecule has 1 aromatic heterocycles. The summed E-state index contributed by atoms with van der Waals surface area (Å²) >= 11 is 5.39. The molecule has 1 fully saturated rings. The average molecular weight is 568 g/mol. The van der Waals surface area contributed by atoms with Crippen LogP contribution in [0.4, 0.5) is 0 Å². The van der Waals surface area contributed by atoms with Crippen LogP contribution in [0.1, 0.15) is 65.2 Å². The number of rotatable bonds is 9. The Labute approximate surface area is 220 Å². The molecule has 0 saturated heterocycles. The Balaban J connectivity index is 0.00000324. The molecule has 0 bridgehead atoms. The molecule has 184 valence electrons. The van der Waals surface area contributed by atoms with E-state index in [1.807, 2.05) is 61.9 Å². The van der Waals surface area contributed by atoms with Gasteiger partial charge in [0.15, 0.2) is 0 Å². The molecule has 1 N–H and O–H groups in total. The minimum atomic E-state index is -0.323. The van der Waals surface area contributed by atoms with Crippen LogP contribution >= 0.6 is 40.1 Å². The zero-order valence-electron chi connectivity index (χ0n) is 20.0. The van der Waals surface area contributed by atoms with E-state index in [1.165, 1.54) is 0 Å². The Kier molecular flexibility index (Phi) is 9.01. The standard InChI is InChI=1S/C26H31BrN2O3S.ClH/c1-5-32-26(31)22-21-18(15-28(3)4)24(30)19(27)14-20(21)29(17-12-13-17)23(22)25(33-6-2)16-10-8-7-9-11-16;/h7-11,14,17,25,30H,5-6,12-13,15H2,1-4H3;1H. The van der Waals surface area contributed by atoms with Crippen LogP contribution in [0.2, 0.25) is 0 Å². The van der Waals surface area contributed by atoms with Crippen molar-refractivity contribution in [3.63, 3.8) is 0 Å². The Morgan fingerprint density at radius 3 is 2.50 bits per heavy atom. The van der Waals surface area contributed by atoms with Crippen LogP contribution in [-0.4, -0.2) is 47.0 Å². The second-order valence-electron chi connectivity index (χ2n) is 8.65. The van der Waals surface area contributed by atoms with Crippen LogP contribution in [0.3, 0.4) is 0 Å². The van der Waals surface area contributed by atoms with Gasteiger partial charge in [0.2, 0.25) is 0 Å². The maximum Gasteiger partial charge on any atom is 0.340 e. The number of phenolic OH excluding ortho intramolecular Hbond substituents is 1. The van der Waals surface area contributed by atoms with Crippen molar-refractivity contribution in [2.75, 3.05) is 26.5 Å². The van der Waals surface area contributed by atoms with E-state index in [2.05, 4.69) is 39.6 Å². The van der Waals surface area contributed by atoms with Gasteiger partial charge in [-0.3, -0.25) is 0 Å². The van der Waals surface area contributed by atoms with Gasteiger partial charge in [-0.05, 0) is 67.2 Å². The van der Waals surface area contributed by atoms with E-state index < -0.39 is 0 Å². The van der Waals surface area contributed by atoms with Crippen LogP contribution < -0.4 is 0 Å². The molecule has 1 aliphatic rings. The molecule has 1 unspecified atom stereocenters. The van der Waals surface area contributed by atoms with Crippen molar-refractivity contribution in [3.8, 4) is 5.75 Å². The highest BCUT2D eigenvalue weighted by Gasteiger charge is 2.37. The first-order chi connectivity index (χ1) is 15.9. The van der Waals surface area contributed by atoms with Crippen LogP contribution in [0, 0.1) is 0 Å². The van der Waals surface area contributed by atoms with Gasteiger partial charge < -0.3 is 19.3 Å². The molecule has 0 spiro atoms. The van der Waals surface area contributed by atoms with E-state index in [9.17, 15) is 9.90 Å². The number of thioether (sulfide) groups is 1. The van der Waals surface area contributed by atoms with Gasteiger partial charge in [0.25, 0.3) is 0 Å². The fraction of sp³-hybridized carbons (Fsp3) is 0.423. The summed E-state index contributed by atoms with van der Waals surface area (Å²) in [4.78, 5) is 15.6. The van der Waals surface area contributed by atoms with Gasteiger partial charge in [-0.25, -0.2) is 4.79 Å². The number of carbonyl (C=O) groups excluding carboxylic acids is 1. The molecule has 1 aliphatic carbocycles. The minimum absolute atomic E-state index is 0. The molecule has 1 atom stereocenters. The fourth-order valence-electron chi connectivity index (χ4n) is 4.52. The first-order valence-corrected chi connectivity index (χ1v) is 13.3. The summed E-state index contributed by atoms with van der Waals surface area (Å²) in [5.74, 6) is 0.768. The molecule has 8 heteroatoms. The van der Waals surface area contributed by atoms with E-state index in [4.69, 9.17) is 4.74 Å². The number of ether oxygens (including phenoxy) is 1. The summed E-state index contributed by atoms with van der Waals surface area (Å²) in [6, 6.07) is 12.7. The topological polar surface area (TPSA) is 54.7 Å². The summed E-state index contributed by atoms with van der Waals surface area (Å²) in [6.07, 6.45) is 2.16. The molecule has 5 nitrogen and oxygen atoms in total. The third kappa shape index (κ3) is 5.13. The normalized spacial score (nSPS) is 14.3. The quantitative estimate of drug-likeness (QED) is 0.284. The van der Waals surface area contributed by atoms with Gasteiger partial charge in [0.1, 0.15) is 5.75 Å². The zero-order valence-corrected chi connectivity index (χ0v) is 23.2. The third-order valence-corrected chi connectivity index (χ3v) is 7.68. The third-order valence-electron chi connectivity index (χ3n) is 5.91.